The molecule has 1 saturated carbocycles. The first kappa shape index (κ1) is 21.8. The van der Waals surface area contributed by atoms with Gasteiger partial charge in [0.15, 0.2) is 0 Å². The molecule has 166 valence electrons. The number of anilines is 2. The van der Waals surface area contributed by atoms with Gasteiger partial charge in [-0.1, -0.05) is 36.4 Å². The van der Waals surface area contributed by atoms with Gasteiger partial charge in [-0.2, -0.15) is 0 Å². The fourth-order valence-corrected chi connectivity index (χ4v) is 3.40. The van der Waals surface area contributed by atoms with Crippen LogP contribution in [0.25, 0.3) is 10.9 Å². The quantitative estimate of drug-likeness (QED) is 0.415. The molecule has 0 unspecified atom stereocenters. The van der Waals surface area contributed by atoms with Gasteiger partial charge >= 0.3 is 0 Å². The van der Waals surface area contributed by atoms with Crippen molar-refractivity contribution < 1.29 is 9.53 Å². The Kier molecular flexibility index (Phi) is 6.97. The van der Waals surface area contributed by atoms with Gasteiger partial charge in [0, 0.05) is 30.1 Å². The Morgan fingerprint density at radius 1 is 1.22 bits per heavy atom. The Morgan fingerprint density at radius 3 is 2.78 bits per heavy atom. The van der Waals surface area contributed by atoms with E-state index in [4.69, 9.17) is 4.74 Å². The summed E-state index contributed by atoms with van der Waals surface area (Å²) in [6.45, 7) is 3.35. The maximum Gasteiger partial charge on any atom is 0.248 e. The molecular formula is C25H29N5O2. The zero-order chi connectivity index (χ0) is 22.3. The van der Waals surface area contributed by atoms with Crippen molar-refractivity contribution in [2.45, 2.75) is 25.8 Å². The largest absolute Gasteiger partial charge is 0.491 e. The van der Waals surface area contributed by atoms with Crippen LogP contribution in [0, 0.1) is 5.92 Å². The van der Waals surface area contributed by atoms with Crippen molar-refractivity contribution in [3.63, 3.8) is 0 Å². The number of likely N-dealkylation sites (N-methyl/N-ethyl adjacent to an activating group) is 1. The minimum Gasteiger partial charge on any atom is -0.491 e. The number of hydrogen-bond acceptors (Lipinski definition) is 6. The molecule has 1 fully saturated rings. The summed E-state index contributed by atoms with van der Waals surface area (Å²) in [5, 5.41) is 10.2. The lowest BCUT2D eigenvalue weighted by Gasteiger charge is -2.18. The predicted molar refractivity (Wildman–Crippen MR) is 128 cm³/mol. The molecule has 4 rings (SSSR count). The monoisotopic (exact) mass is 431 g/mol. The molecule has 32 heavy (non-hydrogen) atoms. The third-order valence-corrected chi connectivity index (χ3v) is 5.41. The van der Waals surface area contributed by atoms with Gasteiger partial charge in [0.1, 0.15) is 17.9 Å². The number of aromatic nitrogens is 2. The molecular weight excluding hydrogens is 402 g/mol. The zero-order valence-electron chi connectivity index (χ0n) is 18.5. The molecule has 0 bridgehead atoms. The van der Waals surface area contributed by atoms with Crippen LogP contribution in [0.5, 0.6) is 5.75 Å². The summed E-state index contributed by atoms with van der Waals surface area (Å²) >= 11 is 0. The van der Waals surface area contributed by atoms with Crippen LogP contribution in [-0.4, -0.2) is 36.1 Å². The molecule has 0 radical (unpaired) electrons. The summed E-state index contributed by atoms with van der Waals surface area (Å²) in [4.78, 5) is 21.4. The molecule has 0 saturated heterocycles. The zero-order valence-corrected chi connectivity index (χ0v) is 18.5. The van der Waals surface area contributed by atoms with Gasteiger partial charge in [-0.3, -0.25) is 4.79 Å². The normalized spacial score (nSPS) is 14.4. The number of ether oxygens (including phenoxy) is 1. The third-order valence-electron chi connectivity index (χ3n) is 5.41. The van der Waals surface area contributed by atoms with E-state index in [9.17, 15) is 4.79 Å². The van der Waals surface area contributed by atoms with E-state index in [1.165, 1.54) is 18.9 Å². The van der Waals surface area contributed by atoms with Crippen molar-refractivity contribution >= 4 is 28.3 Å². The molecule has 7 heteroatoms. The lowest BCUT2D eigenvalue weighted by Crippen LogP contribution is -2.12. The van der Waals surface area contributed by atoms with E-state index in [2.05, 4.69) is 45.0 Å². The molecule has 1 aromatic heterocycles. The summed E-state index contributed by atoms with van der Waals surface area (Å²) < 4.78 is 6.05. The van der Waals surface area contributed by atoms with Crippen LogP contribution in [0.4, 0.5) is 11.5 Å². The van der Waals surface area contributed by atoms with Crippen LogP contribution in [0.2, 0.25) is 0 Å². The maximum atomic E-state index is 12.4. The van der Waals surface area contributed by atoms with Crippen LogP contribution >= 0.6 is 0 Å². The second-order valence-corrected chi connectivity index (χ2v) is 8.07. The van der Waals surface area contributed by atoms with Gasteiger partial charge in [0.05, 0.1) is 17.8 Å². The molecule has 0 spiro atoms. The lowest BCUT2D eigenvalue weighted by molar-refractivity contribution is -0.111. The first-order valence-electron chi connectivity index (χ1n) is 11.0. The Morgan fingerprint density at radius 2 is 2.03 bits per heavy atom. The number of carbonyl (C=O) groups is 1. The van der Waals surface area contributed by atoms with Crippen molar-refractivity contribution in [1.82, 2.24) is 15.3 Å². The highest BCUT2D eigenvalue weighted by Gasteiger charge is 2.23. The second-order valence-electron chi connectivity index (χ2n) is 8.07. The van der Waals surface area contributed by atoms with E-state index in [-0.39, 0.29) is 11.9 Å². The van der Waals surface area contributed by atoms with E-state index < -0.39 is 0 Å². The van der Waals surface area contributed by atoms with E-state index in [0.717, 1.165) is 16.5 Å². The molecule has 1 atom stereocenters. The maximum absolute atomic E-state index is 12.4. The third kappa shape index (κ3) is 5.62. The van der Waals surface area contributed by atoms with Crippen LogP contribution in [0.15, 0.2) is 60.9 Å². The SMILES string of the molecule is CNC/C=C/C(=O)Nc1cc2c(N[C@H](C)c3ccccc3)ncnc2cc1OCC1CC1. The standard InChI is InChI=1S/C25H29N5O2/c1-17(19-7-4-3-5-8-19)29-25-20-13-22(30-24(31)9-6-12-26-2)23(32-15-18-10-11-18)14-21(20)27-16-28-25/h3-9,13-14,16-18,26H,10-12,15H2,1-2H3,(H,30,31)(H,27,28,29)/b9-6+/t17-/m1/s1. The van der Waals surface area contributed by atoms with Crippen LogP contribution < -0.4 is 20.7 Å². The van der Waals surface area contributed by atoms with Gasteiger partial charge in [-0.15, -0.1) is 0 Å². The lowest BCUT2D eigenvalue weighted by atomic mass is 10.1. The highest BCUT2D eigenvalue weighted by Crippen LogP contribution is 2.36. The van der Waals surface area contributed by atoms with E-state index in [1.807, 2.05) is 37.4 Å². The molecule has 3 N–H and O–H groups in total. The van der Waals surface area contributed by atoms with Gasteiger partial charge < -0.3 is 20.7 Å². The van der Waals surface area contributed by atoms with Crippen molar-refractivity contribution in [2.24, 2.45) is 5.92 Å². The first-order chi connectivity index (χ1) is 15.6. The number of fused-ring (bicyclic) bond motifs is 1. The number of rotatable bonds is 10. The fraction of sp³-hybridized carbons (Fsp3) is 0.320. The minimum atomic E-state index is -0.208. The minimum absolute atomic E-state index is 0.0580. The summed E-state index contributed by atoms with van der Waals surface area (Å²) in [5.41, 5.74) is 2.53. The van der Waals surface area contributed by atoms with Crippen molar-refractivity contribution in [3.05, 3.63) is 66.5 Å². The summed E-state index contributed by atoms with van der Waals surface area (Å²) in [7, 11) is 1.83. The number of hydrogen-bond donors (Lipinski definition) is 3. The first-order valence-corrected chi connectivity index (χ1v) is 11.0. The highest BCUT2D eigenvalue weighted by atomic mass is 16.5. The number of nitrogens with one attached hydrogen (secondary N) is 3. The Labute approximate surface area is 188 Å². The van der Waals surface area contributed by atoms with E-state index in [1.54, 1.807) is 12.4 Å². The summed E-state index contributed by atoms with van der Waals surface area (Å²) in [5.74, 6) is 1.72. The van der Waals surface area contributed by atoms with Gasteiger partial charge in [-0.05, 0) is 44.4 Å². The summed E-state index contributed by atoms with van der Waals surface area (Å²) in [6.07, 6.45) is 7.22. The molecule has 1 heterocycles. The summed E-state index contributed by atoms with van der Waals surface area (Å²) in [6, 6.07) is 14.0. The molecule has 3 aromatic rings. The molecule has 1 aliphatic rings. The molecule has 1 amide bonds. The second kappa shape index (κ2) is 10.2. The number of amides is 1. The van der Waals surface area contributed by atoms with Crippen molar-refractivity contribution in [3.8, 4) is 5.75 Å². The molecule has 0 aliphatic heterocycles. The average molecular weight is 432 g/mol. The van der Waals surface area contributed by atoms with E-state index >= 15 is 0 Å². The number of carbonyl (C=O) groups excluding carboxylic acids is 1. The van der Waals surface area contributed by atoms with Gasteiger partial charge in [-0.25, -0.2) is 9.97 Å². The smallest absolute Gasteiger partial charge is 0.248 e. The highest BCUT2D eigenvalue weighted by molar-refractivity contribution is 6.03. The number of nitrogens with zero attached hydrogens (tertiary/aromatic N) is 2. The number of benzene rings is 2. The topological polar surface area (TPSA) is 88.2 Å². The Bertz CT molecular complexity index is 1100. The average Bonchev–Trinajstić information content (AvgIpc) is 3.63. The van der Waals surface area contributed by atoms with Crippen LogP contribution in [-0.2, 0) is 4.79 Å². The molecule has 2 aromatic carbocycles. The van der Waals surface area contributed by atoms with Crippen LogP contribution in [0.1, 0.15) is 31.4 Å². The van der Waals surface area contributed by atoms with Crippen molar-refractivity contribution in [1.29, 1.82) is 0 Å². The van der Waals surface area contributed by atoms with Crippen molar-refractivity contribution in [2.75, 3.05) is 30.8 Å². The van der Waals surface area contributed by atoms with E-state index in [0.29, 0.717) is 36.3 Å². The predicted octanol–water partition coefficient (Wildman–Crippen LogP) is 4.31. The Balaban J connectivity index is 1.64. The van der Waals surface area contributed by atoms with Crippen LogP contribution in [0.3, 0.4) is 0 Å². The molecule has 1 aliphatic carbocycles. The fourth-order valence-electron chi connectivity index (χ4n) is 3.40. The molecule has 7 nitrogen and oxygen atoms in total. The van der Waals surface area contributed by atoms with Gasteiger partial charge in [0.2, 0.25) is 5.91 Å². The Hall–Kier alpha value is -3.45. The van der Waals surface area contributed by atoms with Gasteiger partial charge in [0.25, 0.3) is 0 Å².